The number of nitrogens with one attached hydrogen (secondary N) is 1. The van der Waals surface area contributed by atoms with Crippen molar-refractivity contribution in [3.63, 3.8) is 0 Å². The molecule has 0 radical (unpaired) electrons. The summed E-state index contributed by atoms with van der Waals surface area (Å²) >= 11 is 10.1. The molecule has 2 saturated carbocycles. The van der Waals surface area contributed by atoms with Gasteiger partial charge < -0.3 is 5.32 Å². The summed E-state index contributed by atoms with van der Waals surface area (Å²) in [5, 5.41) is 9.04. The molecule has 31 heavy (non-hydrogen) atoms. The Hall–Kier alpha value is -1.63. The van der Waals surface area contributed by atoms with Gasteiger partial charge >= 0.3 is 0 Å². The van der Waals surface area contributed by atoms with Crippen molar-refractivity contribution in [3.8, 4) is 11.3 Å². The molecule has 2 aliphatic carbocycles. The minimum absolute atomic E-state index is 0.447. The van der Waals surface area contributed by atoms with Crippen LogP contribution in [0.15, 0.2) is 41.0 Å². The zero-order valence-corrected chi connectivity index (χ0v) is 19.8. The zero-order chi connectivity index (χ0) is 20.9. The first-order chi connectivity index (χ1) is 15.2. The van der Waals surface area contributed by atoms with E-state index in [1.54, 1.807) is 0 Å². The number of anilines is 1. The molecule has 5 nitrogen and oxygen atoms in total. The van der Waals surface area contributed by atoms with Crippen LogP contribution in [0, 0.1) is 11.8 Å². The van der Waals surface area contributed by atoms with E-state index in [0.717, 1.165) is 45.1 Å². The third-order valence-corrected chi connectivity index (χ3v) is 8.52. The minimum atomic E-state index is 0.447. The first-order valence-electron chi connectivity index (χ1n) is 11.5. The van der Waals surface area contributed by atoms with E-state index in [9.17, 15) is 0 Å². The van der Waals surface area contributed by atoms with Crippen LogP contribution in [0.25, 0.3) is 16.9 Å². The molecule has 3 aromatic rings. The summed E-state index contributed by atoms with van der Waals surface area (Å²) in [7, 11) is 0. The number of rotatable bonds is 4. The fraction of sp³-hybridized carbons (Fsp3) is 0.500. The van der Waals surface area contributed by atoms with Crippen molar-refractivity contribution in [1.82, 2.24) is 19.5 Å². The quantitative estimate of drug-likeness (QED) is 0.486. The second kappa shape index (κ2) is 8.05. The van der Waals surface area contributed by atoms with Crippen molar-refractivity contribution in [1.29, 1.82) is 0 Å². The molecule has 7 heteroatoms. The normalized spacial score (nSPS) is 26.7. The number of fused-ring (bicyclic) bond motifs is 3. The van der Waals surface area contributed by atoms with Crippen LogP contribution in [0.2, 0.25) is 5.02 Å². The Morgan fingerprint density at radius 2 is 1.90 bits per heavy atom. The molecule has 0 amide bonds. The predicted octanol–water partition coefficient (Wildman–Crippen LogP) is 5.88. The monoisotopic (exact) mass is 499 g/mol. The van der Waals surface area contributed by atoms with E-state index in [4.69, 9.17) is 16.6 Å². The average Bonchev–Trinajstić information content (AvgIpc) is 3.51. The van der Waals surface area contributed by atoms with Gasteiger partial charge in [-0.3, -0.25) is 4.90 Å². The van der Waals surface area contributed by atoms with Gasteiger partial charge in [0.1, 0.15) is 5.82 Å². The number of piperidine rings is 1. The van der Waals surface area contributed by atoms with Crippen LogP contribution in [0.1, 0.15) is 38.5 Å². The number of hydrogen-bond donors (Lipinski definition) is 1. The van der Waals surface area contributed by atoms with E-state index in [-0.39, 0.29) is 0 Å². The average molecular weight is 501 g/mol. The van der Waals surface area contributed by atoms with Crippen LogP contribution in [0.5, 0.6) is 0 Å². The molecule has 3 atom stereocenters. The van der Waals surface area contributed by atoms with Crippen LogP contribution in [0.4, 0.5) is 5.82 Å². The van der Waals surface area contributed by atoms with Gasteiger partial charge in [0.05, 0.1) is 16.4 Å². The number of nitrogens with zero attached hydrogens (tertiary/aromatic N) is 4. The first-order valence-corrected chi connectivity index (χ1v) is 12.6. The standard InChI is InChI=1S/C24H27BrClN5/c25-19-14-27-31-23(13-21(29-24(19)31)18-3-1-2-4-20(18)26)28-17-7-9-30(10-8-17)22-12-15-5-6-16(22)11-15/h1-4,13-17,22,28H,5-12H2/t15?,16-,22?/m0/s1. The molecule has 2 aromatic heterocycles. The lowest BCUT2D eigenvalue weighted by Gasteiger charge is -2.40. The highest BCUT2D eigenvalue weighted by molar-refractivity contribution is 9.10. The van der Waals surface area contributed by atoms with E-state index >= 15 is 0 Å². The summed E-state index contributed by atoms with van der Waals surface area (Å²) < 4.78 is 2.78. The lowest BCUT2D eigenvalue weighted by Crippen LogP contribution is -2.46. The Labute approximate surface area is 196 Å². The van der Waals surface area contributed by atoms with E-state index < -0.39 is 0 Å². The number of benzene rings is 1. The van der Waals surface area contributed by atoms with Gasteiger partial charge in [0.25, 0.3) is 0 Å². The van der Waals surface area contributed by atoms with E-state index in [2.05, 4.69) is 37.3 Å². The molecule has 1 saturated heterocycles. The third kappa shape index (κ3) is 3.66. The summed E-state index contributed by atoms with van der Waals surface area (Å²) in [4.78, 5) is 7.61. The molecule has 0 spiro atoms. The van der Waals surface area contributed by atoms with Gasteiger partial charge in [0.2, 0.25) is 0 Å². The topological polar surface area (TPSA) is 45.5 Å². The largest absolute Gasteiger partial charge is 0.367 e. The van der Waals surface area contributed by atoms with Crippen molar-refractivity contribution in [2.75, 3.05) is 18.4 Å². The maximum absolute atomic E-state index is 6.47. The Balaban J connectivity index is 1.23. The highest BCUT2D eigenvalue weighted by Crippen LogP contribution is 2.47. The number of likely N-dealkylation sites (tertiary alicyclic amines) is 1. The molecule has 3 fully saturated rings. The van der Waals surface area contributed by atoms with E-state index in [1.165, 1.54) is 51.6 Å². The van der Waals surface area contributed by atoms with Gasteiger partial charge in [-0.25, -0.2) is 4.98 Å². The summed E-state index contributed by atoms with van der Waals surface area (Å²) in [6.07, 6.45) is 10.0. The molecule has 3 heterocycles. The molecular weight excluding hydrogens is 474 g/mol. The van der Waals surface area contributed by atoms with Crippen LogP contribution >= 0.6 is 27.5 Å². The maximum Gasteiger partial charge on any atom is 0.172 e. The molecule has 2 unspecified atom stereocenters. The second-order valence-electron chi connectivity index (χ2n) is 9.43. The molecule has 1 N–H and O–H groups in total. The van der Waals surface area contributed by atoms with Crippen LogP contribution in [-0.4, -0.2) is 44.7 Å². The smallest absolute Gasteiger partial charge is 0.172 e. The highest BCUT2D eigenvalue weighted by atomic mass is 79.9. The Morgan fingerprint density at radius 1 is 1.06 bits per heavy atom. The molecule has 3 aliphatic rings. The molecule has 2 bridgehead atoms. The van der Waals surface area contributed by atoms with Crippen molar-refractivity contribution in [2.45, 2.75) is 50.6 Å². The first kappa shape index (κ1) is 20.0. The Kier molecular flexibility index (Phi) is 5.20. The van der Waals surface area contributed by atoms with Crippen molar-refractivity contribution in [2.24, 2.45) is 11.8 Å². The molecule has 162 valence electrons. The lowest BCUT2D eigenvalue weighted by atomic mass is 9.92. The fourth-order valence-electron chi connectivity index (χ4n) is 6.09. The van der Waals surface area contributed by atoms with Crippen molar-refractivity contribution >= 4 is 39.0 Å². The van der Waals surface area contributed by atoms with Gasteiger partial charge in [-0.15, -0.1) is 0 Å². The highest BCUT2D eigenvalue weighted by Gasteiger charge is 2.42. The van der Waals surface area contributed by atoms with Gasteiger partial charge in [-0.05, 0) is 65.9 Å². The SMILES string of the molecule is Clc1ccccc1-c1cc(NC2CCN(C3CC4CC[C@H]3C4)CC2)n2ncc(Br)c2n1. The minimum Gasteiger partial charge on any atom is -0.367 e. The van der Waals surface area contributed by atoms with Crippen LogP contribution in [-0.2, 0) is 0 Å². The van der Waals surface area contributed by atoms with E-state index in [1.807, 2.05) is 35.0 Å². The predicted molar refractivity (Wildman–Crippen MR) is 129 cm³/mol. The summed E-state index contributed by atoms with van der Waals surface area (Å²) in [5.74, 6) is 2.95. The van der Waals surface area contributed by atoms with Crippen LogP contribution < -0.4 is 5.32 Å². The molecule has 1 aromatic carbocycles. The number of hydrogen-bond acceptors (Lipinski definition) is 4. The summed E-state index contributed by atoms with van der Waals surface area (Å²) in [6, 6.07) is 11.2. The lowest BCUT2D eigenvalue weighted by molar-refractivity contribution is 0.114. The Morgan fingerprint density at radius 3 is 2.65 bits per heavy atom. The van der Waals surface area contributed by atoms with Gasteiger partial charge in [-0.1, -0.05) is 36.2 Å². The Bertz CT molecular complexity index is 1110. The molecular formula is C24H27BrClN5. The van der Waals surface area contributed by atoms with Crippen molar-refractivity contribution in [3.05, 3.63) is 46.0 Å². The summed E-state index contributed by atoms with van der Waals surface area (Å²) in [6.45, 7) is 2.39. The summed E-state index contributed by atoms with van der Waals surface area (Å²) in [5.41, 5.74) is 2.61. The number of aromatic nitrogens is 3. The van der Waals surface area contributed by atoms with E-state index in [0.29, 0.717) is 11.1 Å². The second-order valence-corrected chi connectivity index (χ2v) is 10.7. The van der Waals surface area contributed by atoms with Crippen molar-refractivity contribution < 1.29 is 0 Å². The zero-order valence-electron chi connectivity index (χ0n) is 17.5. The number of halogens is 2. The maximum atomic E-state index is 6.47. The van der Waals surface area contributed by atoms with Gasteiger partial charge in [-0.2, -0.15) is 9.61 Å². The third-order valence-electron chi connectivity index (χ3n) is 7.63. The molecule has 1 aliphatic heterocycles. The molecule has 6 rings (SSSR count). The van der Waals surface area contributed by atoms with Gasteiger partial charge in [0, 0.05) is 41.8 Å². The fourth-order valence-corrected chi connectivity index (χ4v) is 6.67. The van der Waals surface area contributed by atoms with Crippen LogP contribution in [0.3, 0.4) is 0 Å². The van der Waals surface area contributed by atoms with Gasteiger partial charge in [0.15, 0.2) is 5.65 Å².